The molecule has 0 aliphatic rings. The minimum atomic E-state index is -0.453. The highest BCUT2D eigenvalue weighted by Crippen LogP contribution is 2.23. The number of benzene rings is 2. The predicted octanol–water partition coefficient (Wildman–Crippen LogP) is 2.43. The first-order valence-corrected chi connectivity index (χ1v) is 6.28. The fourth-order valence-corrected chi connectivity index (χ4v) is 1.87. The second-order valence-corrected chi connectivity index (χ2v) is 4.36. The Bertz CT molecular complexity index is 623. The Morgan fingerprint density at radius 1 is 1.14 bits per heavy atom. The number of phenols is 2. The van der Waals surface area contributed by atoms with E-state index in [9.17, 15) is 15.0 Å². The molecule has 21 heavy (non-hydrogen) atoms. The van der Waals surface area contributed by atoms with Crippen molar-refractivity contribution in [1.29, 1.82) is 0 Å². The average Bonchev–Trinajstić information content (AvgIpc) is 2.44. The van der Waals surface area contributed by atoms with Crippen LogP contribution in [0.2, 0.25) is 0 Å². The number of methoxy groups -OCH3 is 1. The van der Waals surface area contributed by atoms with E-state index in [2.05, 4.69) is 10.6 Å². The van der Waals surface area contributed by atoms with Crippen molar-refractivity contribution >= 4 is 11.7 Å². The molecule has 0 aliphatic heterocycles. The van der Waals surface area contributed by atoms with Gasteiger partial charge in [-0.05, 0) is 6.07 Å². The van der Waals surface area contributed by atoms with Crippen LogP contribution in [0.3, 0.4) is 0 Å². The molecule has 2 aromatic rings. The quantitative estimate of drug-likeness (QED) is 0.695. The number of aromatic hydroxyl groups is 2. The van der Waals surface area contributed by atoms with Crippen LogP contribution < -0.4 is 15.4 Å². The molecule has 110 valence electrons. The maximum Gasteiger partial charge on any atom is 0.319 e. The van der Waals surface area contributed by atoms with Gasteiger partial charge in [-0.3, -0.25) is 0 Å². The topological polar surface area (TPSA) is 90.8 Å². The number of rotatable bonds is 4. The van der Waals surface area contributed by atoms with E-state index < -0.39 is 6.03 Å². The summed E-state index contributed by atoms with van der Waals surface area (Å²) in [6.07, 6.45) is 0. The molecule has 0 radical (unpaired) electrons. The van der Waals surface area contributed by atoms with E-state index in [1.807, 2.05) is 24.3 Å². The van der Waals surface area contributed by atoms with Gasteiger partial charge in [0.2, 0.25) is 0 Å². The summed E-state index contributed by atoms with van der Waals surface area (Å²) in [6.45, 7) is 0.292. The maximum atomic E-state index is 11.8. The zero-order valence-corrected chi connectivity index (χ0v) is 11.5. The van der Waals surface area contributed by atoms with Crippen molar-refractivity contribution in [1.82, 2.24) is 5.32 Å². The van der Waals surface area contributed by atoms with Crippen LogP contribution in [0.15, 0.2) is 42.5 Å². The Hall–Kier alpha value is -2.89. The molecule has 0 saturated heterocycles. The number of carbonyl (C=O) groups excluding carboxylic acids is 1. The van der Waals surface area contributed by atoms with Crippen LogP contribution in [-0.2, 0) is 6.54 Å². The highest BCUT2D eigenvalue weighted by Gasteiger charge is 2.06. The smallest absolute Gasteiger partial charge is 0.319 e. The highest BCUT2D eigenvalue weighted by molar-refractivity contribution is 5.89. The van der Waals surface area contributed by atoms with Crippen LogP contribution in [0.4, 0.5) is 10.5 Å². The van der Waals surface area contributed by atoms with Crippen LogP contribution in [0.25, 0.3) is 0 Å². The van der Waals surface area contributed by atoms with Crippen LogP contribution in [0.5, 0.6) is 17.2 Å². The fourth-order valence-electron chi connectivity index (χ4n) is 1.87. The van der Waals surface area contributed by atoms with Gasteiger partial charge in [-0.25, -0.2) is 4.79 Å². The first-order valence-electron chi connectivity index (χ1n) is 6.28. The average molecular weight is 288 g/mol. The van der Waals surface area contributed by atoms with Gasteiger partial charge in [0.05, 0.1) is 7.11 Å². The summed E-state index contributed by atoms with van der Waals surface area (Å²) in [4.78, 5) is 11.8. The number of urea groups is 1. The molecule has 0 atom stereocenters. The molecule has 2 rings (SSSR count). The third-order valence-electron chi connectivity index (χ3n) is 2.79. The van der Waals surface area contributed by atoms with Crippen LogP contribution in [0, 0.1) is 0 Å². The molecular weight excluding hydrogens is 272 g/mol. The van der Waals surface area contributed by atoms with E-state index in [4.69, 9.17) is 4.74 Å². The Kier molecular flexibility index (Phi) is 4.50. The van der Waals surface area contributed by atoms with Crippen molar-refractivity contribution < 1.29 is 19.7 Å². The highest BCUT2D eigenvalue weighted by atomic mass is 16.5. The minimum Gasteiger partial charge on any atom is -0.508 e. The van der Waals surface area contributed by atoms with Gasteiger partial charge in [-0.1, -0.05) is 18.2 Å². The normalized spacial score (nSPS) is 9.95. The zero-order valence-electron chi connectivity index (χ0n) is 11.5. The van der Waals surface area contributed by atoms with Gasteiger partial charge in [-0.2, -0.15) is 0 Å². The van der Waals surface area contributed by atoms with Crippen LogP contribution in [-0.4, -0.2) is 23.4 Å². The van der Waals surface area contributed by atoms with Gasteiger partial charge in [0.15, 0.2) is 0 Å². The lowest BCUT2D eigenvalue weighted by Crippen LogP contribution is -2.28. The van der Waals surface area contributed by atoms with E-state index in [0.717, 1.165) is 5.56 Å². The molecule has 0 bridgehead atoms. The van der Waals surface area contributed by atoms with Crippen molar-refractivity contribution in [3.63, 3.8) is 0 Å². The largest absolute Gasteiger partial charge is 0.508 e. The zero-order chi connectivity index (χ0) is 15.2. The van der Waals surface area contributed by atoms with E-state index in [1.54, 1.807) is 7.11 Å². The third-order valence-corrected chi connectivity index (χ3v) is 2.79. The molecule has 0 saturated carbocycles. The summed E-state index contributed by atoms with van der Waals surface area (Å²) in [6, 6.07) is 10.7. The molecule has 2 aromatic carbocycles. The van der Waals surface area contributed by atoms with Gasteiger partial charge in [-0.15, -0.1) is 0 Å². The number of nitrogens with one attached hydrogen (secondary N) is 2. The van der Waals surface area contributed by atoms with Crippen molar-refractivity contribution in [3.8, 4) is 17.2 Å². The molecule has 6 nitrogen and oxygen atoms in total. The van der Waals surface area contributed by atoms with Crippen molar-refractivity contribution in [2.45, 2.75) is 6.54 Å². The number of para-hydroxylation sites is 1. The molecular formula is C15H16N2O4. The molecule has 0 heterocycles. The standard InChI is InChI=1S/C15H16N2O4/c1-21-14-5-3-2-4-10(14)9-16-15(20)17-11-6-12(18)8-13(19)7-11/h2-8,18-19H,9H2,1H3,(H2,16,17,20). The van der Waals surface area contributed by atoms with Crippen LogP contribution >= 0.6 is 0 Å². The first kappa shape index (κ1) is 14.5. The maximum absolute atomic E-state index is 11.8. The number of carbonyl (C=O) groups is 1. The van der Waals surface area contributed by atoms with Gasteiger partial charge in [0.1, 0.15) is 17.2 Å². The fraction of sp³-hybridized carbons (Fsp3) is 0.133. The number of hydrogen-bond donors (Lipinski definition) is 4. The van der Waals surface area contributed by atoms with Gasteiger partial charge in [0, 0.05) is 36.0 Å². The lowest BCUT2D eigenvalue weighted by Gasteiger charge is -2.11. The van der Waals surface area contributed by atoms with Gasteiger partial charge >= 0.3 is 6.03 Å². The molecule has 4 N–H and O–H groups in total. The summed E-state index contributed by atoms with van der Waals surface area (Å²) in [5.74, 6) is 0.429. The summed E-state index contributed by atoms with van der Waals surface area (Å²) in [5.41, 5.74) is 1.14. The van der Waals surface area contributed by atoms with Crippen LogP contribution in [0.1, 0.15) is 5.56 Å². The van der Waals surface area contributed by atoms with Crippen molar-refractivity contribution in [2.24, 2.45) is 0 Å². The van der Waals surface area contributed by atoms with E-state index in [-0.39, 0.29) is 11.5 Å². The monoisotopic (exact) mass is 288 g/mol. The second-order valence-electron chi connectivity index (χ2n) is 4.36. The number of anilines is 1. The van der Waals surface area contributed by atoms with E-state index in [0.29, 0.717) is 18.0 Å². The molecule has 6 heteroatoms. The van der Waals surface area contributed by atoms with Gasteiger partial charge < -0.3 is 25.6 Å². The van der Waals surface area contributed by atoms with E-state index in [1.165, 1.54) is 18.2 Å². The predicted molar refractivity (Wildman–Crippen MR) is 78.6 cm³/mol. The molecule has 0 unspecified atom stereocenters. The molecule has 0 spiro atoms. The van der Waals surface area contributed by atoms with Crippen molar-refractivity contribution in [2.75, 3.05) is 12.4 Å². The number of amides is 2. The third kappa shape index (κ3) is 4.04. The Morgan fingerprint density at radius 2 is 1.81 bits per heavy atom. The molecule has 0 aromatic heterocycles. The Balaban J connectivity index is 1.96. The summed E-state index contributed by atoms with van der Waals surface area (Å²) in [7, 11) is 1.56. The lowest BCUT2D eigenvalue weighted by molar-refractivity contribution is 0.251. The summed E-state index contributed by atoms with van der Waals surface area (Å²) < 4.78 is 5.19. The molecule has 0 fully saturated rings. The molecule has 2 amide bonds. The summed E-state index contributed by atoms with van der Waals surface area (Å²) >= 11 is 0. The summed E-state index contributed by atoms with van der Waals surface area (Å²) in [5, 5.41) is 23.9. The number of ether oxygens (including phenoxy) is 1. The second kappa shape index (κ2) is 6.51. The Labute approximate surface area is 122 Å². The SMILES string of the molecule is COc1ccccc1CNC(=O)Nc1cc(O)cc(O)c1. The first-order chi connectivity index (χ1) is 10.1. The number of phenolic OH excluding ortho intramolecular Hbond substituents is 2. The van der Waals surface area contributed by atoms with Gasteiger partial charge in [0.25, 0.3) is 0 Å². The van der Waals surface area contributed by atoms with E-state index >= 15 is 0 Å². The molecule has 0 aliphatic carbocycles. The number of hydrogen-bond acceptors (Lipinski definition) is 4. The van der Waals surface area contributed by atoms with Crippen molar-refractivity contribution in [3.05, 3.63) is 48.0 Å². The minimum absolute atomic E-state index is 0.130. The lowest BCUT2D eigenvalue weighted by atomic mass is 10.2. The Morgan fingerprint density at radius 3 is 2.48 bits per heavy atom.